The van der Waals surface area contributed by atoms with Crippen LogP contribution in [0.15, 0.2) is 28.7 Å². The fourth-order valence-corrected chi connectivity index (χ4v) is 4.85. The van der Waals surface area contributed by atoms with Crippen molar-refractivity contribution >= 4 is 23.0 Å². The van der Waals surface area contributed by atoms with E-state index in [-0.39, 0.29) is 17.9 Å². The summed E-state index contributed by atoms with van der Waals surface area (Å²) >= 11 is 0. The number of para-hydroxylation sites is 2. The number of oxazole rings is 1. The van der Waals surface area contributed by atoms with Gasteiger partial charge in [-0.25, -0.2) is 0 Å². The van der Waals surface area contributed by atoms with E-state index in [4.69, 9.17) is 4.42 Å². The van der Waals surface area contributed by atoms with E-state index in [1.54, 1.807) is 0 Å². The van der Waals surface area contributed by atoms with Crippen molar-refractivity contribution < 1.29 is 9.21 Å². The molecule has 4 rings (SSSR count). The van der Waals surface area contributed by atoms with Gasteiger partial charge in [-0.1, -0.05) is 38.3 Å². The Hall–Kier alpha value is -2.04. The average molecular weight is 384 g/mol. The zero-order chi connectivity index (χ0) is 19.3. The van der Waals surface area contributed by atoms with E-state index in [9.17, 15) is 4.79 Å². The number of anilines is 1. The number of fused-ring (bicyclic) bond motifs is 1. The lowest BCUT2D eigenvalue weighted by Crippen LogP contribution is -2.43. The largest absolute Gasteiger partial charge is 0.423 e. The van der Waals surface area contributed by atoms with E-state index in [1.165, 1.54) is 32.1 Å². The Bertz CT molecular complexity index is 746. The molecule has 5 nitrogen and oxygen atoms in total. The average Bonchev–Trinajstić information content (AvgIpc) is 3.37. The molecule has 152 valence electrons. The smallest absolute Gasteiger partial charge is 0.298 e. The topological polar surface area (TPSA) is 58.4 Å². The van der Waals surface area contributed by atoms with E-state index >= 15 is 0 Å². The summed E-state index contributed by atoms with van der Waals surface area (Å²) in [5.74, 6) is 1.30. The maximum absolute atomic E-state index is 12.7. The molecular formula is C23H33N3O2. The highest BCUT2D eigenvalue weighted by Gasteiger charge is 2.30. The Balaban J connectivity index is 1.28. The van der Waals surface area contributed by atoms with Crippen LogP contribution in [0, 0.1) is 11.8 Å². The summed E-state index contributed by atoms with van der Waals surface area (Å²) in [7, 11) is 0. The number of amides is 1. The second kappa shape index (κ2) is 8.97. The van der Waals surface area contributed by atoms with E-state index in [2.05, 4.69) is 22.1 Å². The van der Waals surface area contributed by atoms with Gasteiger partial charge in [-0.3, -0.25) is 4.79 Å². The molecule has 1 aliphatic heterocycles. The van der Waals surface area contributed by atoms with Crippen LogP contribution in [0.4, 0.5) is 6.01 Å². The van der Waals surface area contributed by atoms with Crippen LogP contribution in [-0.2, 0) is 4.79 Å². The van der Waals surface area contributed by atoms with Crippen molar-refractivity contribution in [3.63, 3.8) is 0 Å². The van der Waals surface area contributed by atoms with Crippen LogP contribution in [0.1, 0.15) is 64.7 Å². The second-order valence-corrected chi connectivity index (χ2v) is 8.56. The van der Waals surface area contributed by atoms with Crippen LogP contribution in [0.2, 0.25) is 0 Å². The molecule has 1 aromatic carbocycles. The van der Waals surface area contributed by atoms with E-state index in [1.807, 2.05) is 24.3 Å². The highest BCUT2D eigenvalue weighted by Crippen LogP contribution is 2.32. The number of unbranched alkanes of at least 4 members (excludes halogenated alkanes) is 1. The Morgan fingerprint density at radius 3 is 2.82 bits per heavy atom. The maximum atomic E-state index is 12.7. The standard InChI is InChI=1S/C23H33N3O2/c1-2-3-7-17-11-13-18(14-12-17)22(27)24-16-19-8-6-15-26(19)23-25-20-9-4-5-10-21(20)28-23/h4-5,9-10,17-19H,2-3,6-8,11-16H2,1H3,(H,24,27). The number of carbonyl (C=O) groups excluding carboxylic acids is 1. The van der Waals surface area contributed by atoms with E-state index < -0.39 is 0 Å². The predicted octanol–water partition coefficient (Wildman–Crippen LogP) is 4.91. The molecule has 2 heterocycles. The molecule has 28 heavy (non-hydrogen) atoms. The summed E-state index contributed by atoms with van der Waals surface area (Å²) in [6.07, 6.45) is 10.7. The normalized spacial score (nSPS) is 25.3. The van der Waals surface area contributed by atoms with Crippen molar-refractivity contribution in [2.24, 2.45) is 11.8 Å². The second-order valence-electron chi connectivity index (χ2n) is 8.56. The molecule has 2 fully saturated rings. The Kier molecular flexibility index (Phi) is 6.18. The molecule has 1 unspecified atom stereocenters. The van der Waals surface area contributed by atoms with Gasteiger partial charge in [-0.05, 0) is 56.6 Å². The first-order valence-electron chi connectivity index (χ1n) is 11.1. The number of rotatable bonds is 7. The summed E-state index contributed by atoms with van der Waals surface area (Å²) < 4.78 is 5.95. The minimum absolute atomic E-state index is 0.206. The molecule has 1 saturated carbocycles. The predicted molar refractivity (Wildman–Crippen MR) is 112 cm³/mol. The molecule has 5 heteroatoms. The molecular weight excluding hydrogens is 350 g/mol. The molecule has 2 aliphatic rings. The first-order valence-corrected chi connectivity index (χ1v) is 11.1. The van der Waals surface area contributed by atoms with Crippen LogP contribution >= 0.6 is 0 Å². The first kappa shape index (κ1) is 19.3. The van der Waals surface area contributed by atoms with E-state index in [0.29, 0.717) is 12.6 Å². The van der Waals surface area contributed by atoms with Crippen molar-refractivity contribution in [3.8, 4) is 0 Å². The minimum atomic E-state index is 0.206. The van der Waals surface area contributed by atoms with Gasteiger partial charge in [0, 0.05) is 19.0 Å². The molecule has 1 aliphatic carbocycles. The molecule has 1 saturated heterocycles. The molecule has 1 N–H and O–H groups in total. The molecule has 1 aromatic heterocycles. The number of nitrogens with one attached hydrogen (secondary N) is 1. The Labute approximate surface area is 167 Å². The van der Waals surface area contributed by atoms with Gasteiger partial charge in [0.15, 0.2) is 5.58 Å². The lowest BCUT2D eigenvalue weighted by atomic mass is 9.79. The summed E-state index contributed by atoms with van der Waals surface area (Å²) in [6, 6.07) is 8.84. The highest BCUT2D eigenvalue weighted by molar-refractivity contribution is 5.79. The quantitative estimate of drug-likeness (QED) is 0.738. The zero-order valence-corrected chi connectivity index (χ0v) is 17.0. The fraction of sp³-hybridized carbons (Fsp3) is 0.652. The van der Waals surface area contributed by atoms with Gasteiger partial charge in [0.1, 0.15) is 5.52 Å². The number of carbonyl (C=O) groups is 1. The minimum Gasteiger partial charge on any atom is -0.423 e. The van der Waals surface area contributed by atoms with Crippen molar-refractivity contribution in [2.45, 2.75) is 70.8 Å². The van der Waals surface area contributed by atoms with Crippen molar-refractivity contribution in [1.29, 1.82) is 0 Å². The summed E-state index contributed by atoms with van der Waals surface area (Å²) in [6.45, 7) is 3.88. The Morgan fingerprint density at radius 1 is 1.21 bits per heavy atom. The maximum Gasteiger partial charge on any atom is 0.298 e. The van der Waals surface area contributed by atoms with Crippen molar-refractivity contribution in [3.05, 3.63) is 24.3 Å². The molecule has 1 amide bonds. The zero-order valence-electron chi connectivity index (χ0n) is 17.0. The number of benzene rings is 1. The number of hydrogen-bond acceptors (Lipinski definition) is 4. The third-order valence-electron chi connectivity index (χ3n) is 6.60. The number of hydrogen-bond donors (Lipinski definition) is 1. The SMILES string of the molecule is CCCCC1CCC(C(=O)NCC2CCCN2c2nc3ccccc3o2)CC1. The monoisotopic (exact) mass is 383 g/mol. The van der Waals surface area contributed by atoms with Crippen molar-refractivity contribution in [1.82, 2.24) is 10.3 Å². The van der Waals surface area contributed by atoms with Crippen LogP contribution in [0.3, 0.4) is 0 Å². The van der Waals surface area contributed by atoms with Crippen LogP contribution < -0.4 is 10.2 Å². The first-order chi connectivity index (χ1) is 13.7. The van der Waals surface area contributed by atoms with Gasteiger partial charge >= 0.3 is 0 Å². The molecule has 0 spiro atoms. The number of nitrogens with zero attached hydrogens (tertiary/aromatic N) is 2. The molecule has 1 atom stereocenters. The van der Waals surface area contributed by atoms with Crippen LogP contribution in [0.25, 0.3) is 11.1 Å². The van der Waals surface area contributed by atoms with Gasteiger partial charge in [-0.2, -0.15) is 4.98 Å². The Morgan fingerprint density at radius 2 is 2.04 bits per heavy atom. The fourth-order valence-electron chi connectivity index (χ4n) is 4.85. The third kappa shape index (κ3) is 4.34. The lowest BCUT2D eigenvalue weighted by Gasteiger charge is -2.29. The molecule has 0 bridgehead atoms. The van der Waals surface area contributed by atoms with Gasteiger partial charge in [0.05, 0.1) is 6.04 Å². The summed E-state index contributed by atoms with van der Waals surface area (Å²) in [4.78, 5) is 19.6. The highest BCUT2D eigenvalue weighted by atomic mass is 16.4. The summed E-state index contributed by atoms with van der Waals surface area (Å²) in [5, 5.41) is 3.24. The lowest BCUT2D eigenvalue weighted by molar-refractivity contribution is -0.126. The van der Waals surface area contributed by atoms with Crippen LogP contribution in [0.5, 0.6) is 0 Å². The molecule has 2 aromatic rings. The van der Waals surface area contributed by atoms with Crippen molar-refractivity contribution in [2.75, 3.05) is 18.0 Å². The van der Waals surface area contributed by atoms with Gasteiger partial charge in [0.2, 0.25) is 5.91 Å². The number of aromatic nitrogens is 1. The molecule has 0 radical (unpaired) electrons. The van der Waals surface area contributed by atoms with E-state index in [0.717, 1.165) is 49.2 Å². The van der Waals surface area contributed by atoms with Crippen LogP contribution in [-0.4, -0.2) is 30.0 Å². The van der Waals surface area contributed by atoms with Gasteiger partial charge < -0.3 is 14.6 Å². The third-order valence-corrected chi connectivity index (χ3v) is 6.60. The summed E-state index contributed by atoms with van der Waals surface area (Å²) in [5.41, 5.74) is 1.72. The van der Waals surface area contributed by atoms with Gasteiger partial charge in [-0.15, -0.1) is 0 Å². The van der Waals surface area contributed by atoms with Gasteiger partial charge in [0.25, 0.3) is 6.01 Å².